The van der Waals surface area contributed by atoms with Crippen LogP contribution in [-0.2, 0) is 4.79 Å². The van der Waals surface area contributed by atoms with E-state index >= 15 is 0 Å². The maximum Gasteiger partial charge on any atom is 0.204 e. The lowest BCUT2D eigenvalue weighted by atomic mass is 9.90. The van der Waals surface area contributed by atoms with Crippen LogP contribution in [0.4, 0.5) is 4.39 Å². The first kappa shape index (κ1) is 13.7. The molecule has 0 aliphatic heterocycles. The lowest BCUT2D eigenvalue weighted by Crippen LogP contribution is -2.24. The van der Waals surface area contributed by atoms with Gasteiger partial charge in [0.1, 0.15) is 11.6 Å². The summed E-state index contributed by atoms with van der Waals surface area (Å²) >= 11 is 5.57. The van der Waals surface area contributed by atoms with Crippen LogP contribution in [0.25, 0.3) is 0 Å². The van der Waals surface area contributed by atoms with Gasteiger partial charge in [0, 0.05) is 5.41 Å². The van der Waals surface area contributed by atoms with Crippen LogP contribution >= 0.6 is 11.6 Å². The number of rotatable bonds is 3. The number of hydrogen-bond donors (Lipinski definition) is 0. The predicted octanol–water partition coefficient (Wildman–Crippen LogP) is 3.90. The number of halogens is 2. The maximum absolute atomic E-state index is 12.7. The van der Waals surface area contributed by atoms with Gasteiger partial charge in [-0.3, -0.25) is 4.79 Å². The highest BCUT2D eigenvalue weighted by molar-refractivity contribution is 6.27. The molecule has 4 heteroatoms. The van der Waals surface area contributed by atoms with Gasteiger partial charge in [-0.1, -0.05) is 32.4 Å². The molecule has 17 heavy (non-hydrogen) atoms. The third kappa shape index (κ3) is 3.86. The first-order valence-corrected chi connectivity index (χ1v) is 5.57. The van der Waals surface area contributed by atoms with E-state index in [-0.39, 0.29) is 17.4 Å². The van der Waals surface area contributed by atoms with Crippen LogP contribution in [-0.4, -0.2) is 5.78 Å². The molecule has 0 saturated carbocycles. The zero-order valence-electron chi connectivity index (χ0n) is 9.96. The molecule has 0 N–H and O–H groups in total. The Bertz CT molecular complexity index is 430. The van der Waals surface area contributed by atoms with Crippen molar-refractivity contribution in [1.29, 1.82) is 0 Å². The topological polar surface area (TPSA) is 26.3 Å². The average molecular weight is 257 g/mol. The van der Waals surface area contributed by atoms with Crippen LogP contribution in [0.2, 0.25) is 0 Å². The molecule has 0 fully saturated rings. The highest BCUT2D eigenvalue weighted by Gasteiger charge is 2.26. The van der Waals surface area contributed by atoms with Crippen LogP contribution in [0.1, 0.15) is 20.8 Å². The van der Waals surface area contributed by atoms with Gasteiger partial charge in [0.25, 0.3) is 0 Å². The second-order valence-corrected chi connectivity index (χ2v) is 4.83. The molecule has 0 saturated heterocycles. The highest BCUT2D eigenvalue weighted by atomic mass is 35.5. The van der Waals surface area contributed by atoms with Crippen LogP contribution in [0.15, 0.2) is 35.6 Å². The van der Waals surface area contributed by atoms with Crippen molar-refractivity contribution in [2.45, 2.75) is 20.8 Å². The van der Waals surface area contributed by atoms with Crippen molar-refractivity contribution in [3.05, 3.63) is 41.4 Å². The Kier molecular flexibility index (Phi) is 4.29. The van der Waals surface area contributed by atoms with Gasteiger partial charge in [-0.15, -0.1) is 0 Å². The smallest absolute Gasteiger partial charge is 0.204 e. The summed E-state index contributed by atoms with van der Waals surface area (Å²) < 4.78 is 18.0. The quantitative estimate of drug-likeness (QED) is 0.606. The Morgan fingerprint density at radius 2 is 1.82 bits per heavy atom. The Morgan fingerprint density at radius 3 is 2.24 bits per heavy atom. The summed E-state index contributed by atoms with van der Waals surface area (Å²) in [6, 6.07) is 5.38. The molecule has 0 amide bonds. The van der Waals surface area contributed by atoms with Crippen molar-refractivity contribution >= 4 is 17.4 Å². The number of Topliss-reactive ketones (excluding diaryl/α,β-unsaturated/α-hetero) is 1. The van der Waals surface area contributed by atoms with E-state index in [0.29, 0.717) is 5.75 Å². The van der Waals surface area contributed by atoms with Gasteiger partial charge < -0.3 is 4.74 Å². The SMILES string of the molecule is CC(C)(C)C(=O)C(=CCl)Oc1ccc(F)cc1. The number of hydrogen-bond acceptors (Lipinski definition) is 2. The maximum atomic E-state index is 12.7. The van der Waals surface area contributed by atoms with E-state index in [2.05, 4.69) is 0 Å². The summed E-state index contributed by atoms with van der Waals surface area (Å²) in [6.07, 6.45) is 0. The molecule has 92 valence electrons. The molecule has 0 aliphatic rings. The third-order valence-electron chi connectivity index (χ3n) is 2.05. The van der Waals surface area contributed by atoms with Crippen LogP contribution < -0.4 is 4.74 Å². The van der Waals surface area contributed by atoms with Gasteiger partial charge in [-0.05, 0) is 24.3 Å². The fraction of sp³-hybridized carbons (Fsp3) is 0.308. The molecule has 0 spiro atoms. The molecule has 0 radical (unpaired) electrons. The minimum Gasteiger partial charge on any atom is -0.453 e. The molecule has 1 rings (SSSR count). The molecule has 0 bridgehead atoms. The van der Waals surface area contributed by atoms with Crippen LogP contribution in [0, 0.1) is 11.2 Å². The van der Waals surface area contributed by atoms with Gasteiger partial charge >= 0.3 is 0 Å². The van der Waals surface area contributed by atoms with Crippen molar-refractivity contribution in [3.63, 3.8) is 0 Å². The van der Waals surface area contributed by atoms with Gasteiger partial charge in [0.2, 0.25) is 5.78 Å². The second-order valence-electron chi connectivity index (χ2n) is 4.61. The fourth-order valence-electron chi connectivity index (χ4n) is 1.12. The van der Waals surface area contributed by atoms with Crippen molar-refractivity contribution in [3.8, 4) is 5.75 Å². The molecular weight excluding hydrogens is 243 g/mol. The van der Waals surface area contributed by atoms with E-state index < -0.39 is 5.41 Å². The number of carbonyl (C=O) groups is 1. The third-order valence-corrected chi connectivity index (χ3v) is 2.24. The van der Waals surface area contributed by atoms with Crippen molar-refractivity contribution in [2.24, 2.45) is 5.41 Å². The van der Waals surface area contributed by atoms with E-state index in [0.717, 1.165) is 5.54 Å². The molecule has 0 aliphatic carbocycles. The summed E-state index contributed by atoms with van der Waals surface area (Å²) in [6.45, 7) is 5.30. The molecule has 1 aromatic rings. The standard InChI is InChI=1S/C13H14ClFO2/c1-13(2,3)12(16)11(8-14)17-10-6-4-9(15)5-7-10/h4-8H,1-3H3. The number of benzene rings is 1. The second kappa shape index (κ2) is 5.32. The largest absolute Gasteiger partial charge is 0.453 e. The Hall–Kier alpha value is -1.35. The molecular formula is C13H14ClFO2. The summed E-state index contributed by atoms with van der Waals surface area (Å²) in [5.74, 6) is -0.158. The van der Waals surface area contributed by atoms with Crippen molar-refractivity contribution in [2.75, 3.05) is 0 Å². The molecule has 0 atom stereocenters. The number of carbonyl (C=O) groups excluding carboxylic acids is 1. The number of allylic oxidation sites excluding steroid dienone is 1. The predicted molar refractivity (Wildman–Crippen MR) is 65.4 cm³/mol. The molecule has 1 aromatic carbocycles. The van der Waals surface area contributed by atoms with E-state index in [1.165, 1.54) is 24.3 Å². The lowest BCUT2D eigenvalue weighted by Gasteiger charge is -2.18. The lowest BCUT2D eigenvalue weighted by molar-refractivity contribution is -0.124. The van der Waals surface area contributed by atoms with Crippen molar-refractivity contribution < 1.29 is 13.9 Å². The summed E-state index contributed by atoms with van der Waals surface area (Å²) in [4.78, 5) is 11.9. The fourth-order valence-corrected chi connectivity index (χ4v) is 1.26. The zero-order valence-corrected chi connectivity index (χ0v) is 10.7. The van der Waals surface area contributed by atoms with Crippen LogP contribution in [0.3, 0.4) is 0 Å². The van der Waals surface area contributed by atoms with Gasteiger partial charge in [-0.25, -0.2) is 4.39 Å². The van der Waals surface area contributed by atoms with E-state index in [9.17, 15) is 9.18 Å². The average Bonchev–Trinajstić information content (AvgIpc) is 2.26. The van der Waals surface area contributed by atoms with E-state index in [4.69, 9.17) is 16.3 Å². The van der Waals surface area contributed by atoms with Gasteiger partial charge in [0.15, 0.2) is 5.76 Å². The Balaban J connectivity index is 2.86. The first-order valence-electron chi connectivity index (χ1n) is 5.13. The zero-order chi connectivity index (χ0) is 13.1. The molecule has 2 nitrogen and oxygen atoms in total. The number of ether oxygens (including phenoxy) is 1. The highest BCUT2D eigenvalue weighted by Crippen LogP contribution is 2.23. The monoisotopic (exact) mass is 256 g/mol. The molecule has 0 aromatic heterocycles. The van der Waals surface area contributed by atoms with Gasteiger partial charge in [-0.2, -0.15) is 0 Å². The molecule has 0 heterocycles. The van der Waals surface area contributed by atoms with E-state index in [1.807, 2.05) is 0 Å². The minimum absolute atomic E-state index is 0.0470. The normalized spacial score (nSPS) is 12.4. The summed E-state index contributed by atoms with van der Waals surface area (Å²) in [5, 5.41) is 0. The Morgan fingerprint density at radius 1 is 1.29 bits per heavy atom. The summed E-state index contributed by atoms with van der Waals surface area (Å²) in [5.41, 5.74) is 0.512. The van der Waals surface area contributed by atoms with E-state index in [1.54, 1.807) is 20.8 Å². The van der Waals surface area contributed by atoms with Crippen molar-refractivity contribution in [1.82, 2.24) is 0 Å². The first-order chi connectivity index (χ1) is 7.84. The minimum atomic E-state index is -0.583. The van der Waals surface area contributed by atoms with Crippen LogP contribution in [0.5, 0.6) is 5.75 Å². The number of ketones is 1. The Labute approximate surface area is 105 Å². The molecule has 0 unspecified atom stereocenters. The van der Waals surface area contributed by atoms with Gasteiger partial charge in [0.05, 0.1) is 5.54 Å². The summed E-state index contributed by atoms with van der Waals surface area (Å²) in [7, 11) is 0.